The number of likely N-dealkylation sites (tertiary alicyclic amines) is 1. The Hall–Kier alpha value is -3.41. The van der Waals surface area contributed by atoms with Crippen LogP contribution in [0.15, 0.2) is 12.1 Å². The Morgan fingerprint density at radius 2 is 1.66 bits per heavy atom. The molecule has 5 rings (SSSR count). The van der Waals surface area contributed by atoms with E-state index >= 15 is 4.39 Å². The number of fused-ring (bicyclic) bond motifs is 1. The average molecular weight is 572 g/mol. The molecule has 4 heterocycles. The minimum atomic E-state index is -0.542. The van der Waals surface area contributed by atoms with Crippen LogP contribution in [0.3, 0.4) is 0 Å². The summed E-state index contributed by atoms with van der Waals surface area (Å²) in [6.07, 6.45) is 1.78. The van der Waals surface area contributed by atoms with Gasteiger partial charge in [0.15, 0.2) is 11.6 Å². The Balaban J connectivity index is 1.23. The summed E-state index contributed by atoms with van der Waals surface area (Å²) in [4.78, 5) is 44.2. The smallest absolute Gasteiger partial charge is 0.410 e. The lowest BCUT2D eigenvalue weighted by Crippen LogP contribution is -2.59. The van der Waals surface area contributed by atoms with Crippen molar-refractivity contribution in [3.05, 3.63) is 17.9 Å². The number of anilines is 2. The lowest BCUT2D eigenvalue weighted by Gasteiger charge is -2.50. The van der Waals surface area contributed by atoms with Crippen LogP contribution in [-0.2, 0) is 16.6 Å². The topological polar surface area (TPSA) is 103 Å². The normalized spacial score (nSPS) is 20.1. The monoisotopic (exact) mass is 571 g/mol. The van der Waals surface area contributed by atoms with Crippen molar-refractivity contribution in [1.82, 2.24) is 24.9 Å². The molecule has 0 saturated carbocycles. The highest BCUT2D eigenvalue weighted by atomic mass is 19.1. The van der Waals surface area contributed by atoms with Crippen LogP contribution >= 0.6 is 0 Å². The van der Waals surface area contributed by atoms with E-state index in [1.54, 1.807) is 13.1 Å². The lowest BCUT2D eigenvalue weighted by atomic mass is 9.78. The lowest BCUT2D eigenvalue weighted by molar-refractivity contribution is -0.120. The van der Waals surface area contributed by atoms with Crippen LogP contribution in [0.4, 0.5) is 25.5 Å². The quantitative estimate of drug-likeness (QED) is 0.597. The van der Waals surface area contributed by atoms with Gasteiger partial charge in [-0.25, -0.2) is 14.0 Å². The molecule has 1 N–H and O–H groups in total. The zero-order valence-electron chi connectivity index (χ0n) is 25.0. The number of nitrogens with zero attached hydrogens (tertiary/aromatic N) is 6. The summed E-state index contributed by atoms with van der Waals surface area (Å²) in [5.41, 5.74) is 0.304. The van der Waals surface area contributed by atoms with Gasteiger partial charge in [0.05, 0.1) is 5.69 Å². The third kappa shape index (κ3) is 5.71. The predicted octanol–water partition coefficient (Wildman–Crippen LogP) is 3.71. The fourth-order valence-electron chi connectivity index (χ4n) is 6.38. The molecule has 0 spiro atoms. The summed E-state index contributed by atoms with van der Waals surface area (Å²) in [7, 11) is 1.67. The Morgan fingerprint density at radius 3 is 2.27 bits per heavy atom. The molecule has 1 aromatic carbocycles. The number of ether oxygens (including phenoxy) is 1. The Morgan fingerprint density at radius 1 is 1.00 bits per heavy atom. The van der Waals surface area contributed by atoms with Crippen molar-refractivity contribution in [1.29, 1.82) is 0 Å². The number of hydrogen-bond acceptors (Lipinski definition) is 7. The van der Waals surface area contributed by atoms with Crippen molar-refractivity contribution in [2.24, 2.45) is 13.0 Å². The van der Waals surface area contributed by atoms with E-state index in [1.807, 2.05) is 31.7 Å². The second kappa shape index (κ2) is 10.8. The SMILES string of the molecule is Cn1nc(N2CCC(=O)NC2=O)c2ccc(N3CCN(C(C)(C)C4CCN(C(=O)OC(C)(C)C)CC4)CC3)c(F)c21. The van der Waals surface area contributed by atoms with E-state index in [9.17, 15) is 14.4 Å². The van der Waals surface area contributed by atoms with Gasteiger partial charge in [-0.15, -0.1) is 0 Å². The molecule has 12 heteroatoms. The van der Waals surface area contributed by atoms with Gasteiger partial charge in [0.1, 0.15) is 11.1 Å². The number of rotatable bonds is 4. The number of piperidine rings is 1. The van der Waals surface area contributed by atoms with E-state index in [1.165, 1.54) is 9.58 Å². The standard InChI is InChI=1S/C29H42FN7O4/c1-28(2,3)41-27(40)35-12-9-19(10-13-35)29(4,5)36-17-15-34(16-18-36)21-8-7-20-24(23(21)30)33(6)32-25(20)37-14-11-22(38)31-26(37)39/h7-8,19H,9-18H2,1-6H3,(H,31,38,39). The molecule has 2 aromatic rings. The fraction of sp³-hybridized carbons (Fsp3) is 0.655. The molecule has 0 atom stereocenters. The zero-order valence-corrected chi connectivity index (χ0v) is 25.0. The van der Waals surface area contributed by atoms with Gasteiger partial charge in [-0.05, 0) is 65.5 Å². The van der Waals surface area contributed by atoms with Crippen molar-refractivity contribution >= 4 is 40.4 Å². The van der Waals surface area contributed by atoms with E-state index in [-0.39, 0.29) is 36.3 Å². The minimum absolute atomic E-state index is 0.0536. The van der Waals surface area contributed by atoms with Crippen molar-refractivity contribution in [3.63, 3.8) is 0 Å². The Kier molecular flexibility index (Phi) is 7.65. The maximum Gasteiger partial charge on any atom is 0.410 e. The molecule has 0 unspecified atom stereocenters. The zero-order chi connectivity index (χ0) is 29.7. The first-order valence-electron chi connectivity index (χ1n) is 14.5. The predicted molar refractivity (Wildman–Crippen MR) is 155 cm³/mol. The molecule has 1 aromatic heterocycles. The van der Waals surface area contributed by atoms with Crippen LogP contribution in [-0.4, -0.2) is 94.6 Å². The number of urea groups is 1. The molecule has 0 radical (unpaired) electrons. The van der Waals surface area contributed by atoms with Crippen LogP contribution < -0.4 is 15.1 Å². The van der Waals surface area contributed by atoms with Gasteiger partial charge in [0.2, 0.25) is 5.91 Å². The molecular formula is C29H42FN7O4. The number of hydrogen-bond donors (Lipinski definition) is 1. The van der Waals surface area contributed by atoms with Gasteiger partial charge in [0, 0.05) is 70.2 Å². The summed E-state index contributed by atoms with van der Waals surface area (Å²) < 4.78 is 23.0. The van der Waals surface area contributed by atoms with Crippen LogP contribution in [0.2, 0.25) is 0 Å². The minimum Gasteiger partial charge on any atom is -0.444 e. The van der Waals surface area contributed by atoms with Crippen LogP contribution in [0.25, 0.3) is 10.9 Å². The number of imide groups is 1. The number of amides is 4. The molecule has 41 heavy (non-hydrogen) atoms. The molecular weight excluding hydrogens is 529 g/mol. The first-order chi connectivity index (χ1) is 19.3. The highest BCUT2D eigenvalue weighted by molar-refractivity contribution is 6.09. The summed E-state index contributed by atoms with van der Waals surface area (Å²) in [5, 5.41) is 7.28. The molecule has 0 bridgehead atoms. The number of nitrogens with one attached hydrogen (secondary N) is 1. The Bertz CT molecular complexity index is 1330. The third-order valence-corrected chi connectivity index (χ3v) is 8.80. The molecule has 0 aliphatic carbocycles. The molecule has 3 aliphatic heterocycles. The van der Waals surface area contributed by atoms with Crippen molar-refractivity contribution < 1.29 is 23.5 Å². The number of carbonyl (C=O) groups excluding carboxylic acids is 3. The first kappa shape index (κ1) is 29.1. The maximum atomic E-state index is 15.9. The number of halogens is 1. The second-order valence-electron chi connectivity index (χ2n) is 12.9. The number of benzene rings is 1. The van der Waals surface area contributed by atoms with E-state index < -0.39 is 11.6 Å². The molecule has 3 aliphatic rings. The maximum absolute atomic E-state index is 15.9. The van der Waals surface area contributed by atoms with Gasteiger partial charge >= 0.3 is 12.1 Å². The number of aromatic nitrogens is 2. The van der Waals surface area contributed by atoms with Crippen molar-refractivity contribution in [2.45, 2.75) is 65.0 Å². The molecule has 3 saturated heterocycles. The second-order valence-corrected chi connectivity index (χ2v) is 12.9. The number of piperazine rings is 1. The highest BCUT2D eigenvalue weighted by Crippen LogP contribution is 2.37. The van der Waals surface area contributed by atoms with E-state index in [0.29, 0.717) is 54.5 Å². The highest BCUT2D eigenvalue weighted by Gasteiger charge is 2.40. The average Bonchev–Trinajstić information content (AvgIpc) is 3.24. The van der Waals surface area contributed by atoms with E-state index in [2.05, 4.69) is 34.1 Å². The summed E-state index contributed by atoms with van der Waals surface area (Å²) in [6.45, 7) is 14.8. The van der Waals surface area contributed by atoms with Gasteiger partial charge in [-0.2, -0.15) is 5.10 Å². The number of carbonyl (C=O) groups is 3. The largest absolute Gasteiger partial charge is 0.444 e. The first-order valence-corrected chi connectivity index (χ1v) is 14.5. The fourth-order valence-corrected chi connectivity index (χ4v) is 6.38. The summed E-state index contributed by atoms with van der Waals surface area (Å²) in [6, 6.07) is 3.04. The molecule has 4 amide bonds. The van der Waals surface area contributed by atoms with Crippen LogP contribution in [0.5, 0.6) is 0 Å². The van der Waals surface area contributed by atoms with Crippen LogP contribution in [0.1, 0.15) is 53.9 Å². The number of aryl methyl sites for hydroxylation is 1. The summed E-state index contributed by atoms with van der Waals surface area (Å²) >= 11 is 0. The van der Waals surface area contributed by atoms with Gasteiger partial charge in [-0.1, -0.05) is 0 Å². The van der Waals surface area contributed by atoms with Gasteiger partial charge in [-0.3, -0.25) is 24.6 Å². The third-order valence-electron chi connectivity index (χ3n) is 8.80. The molecule has 224 valence electrons. The molecule has 3 fully saturated rings. The van der Waals surface area contributed by atoms with Gasteiger partial charge < -0.3 is 14.5 Å². The Labute approximate surface area is 240 Å². The van der Waals surface area contributed by atoms with Crippen molar-refractivity contribution in [3.8, 4) is 0 Å². The van der Waals surface area contributed by atoms with Crippen LogP contribution in [0, 0.1) is 11.7 Å². The van der Waals surface area contributed by atoms with E-state index in [0.717, 1.165) is 25.9 Å². The molecule has 11 nitrogen and oxygen atoms in total. The van der Waals surface area contributed by atoms with E-state index in [4.69, 9.17) is 4.74 Å². The van der Waals surface area contributed by atoms with Gasteiger partial charge in [0.25, 0.3) is 0 Å². The van der Waals surface area contributed by atoms with Crippen molar-refractivity contribution in [2.75, 3.05) is 55.6 Å². The summed E-state index contributed by atoms with van der Waals surface area (Å²) in [5.74, 6) is 0.103.